The molecule has 0 radical (unpaired) electrons. The fourth-order valence-electron chi connectivity index (χ4n) is 3.35. The van der Waals surface area contributed by atoms with Crippen molar-refractivity contribution in [1.29, 1.82) is 0 Å². The molecule has 0 aliphatic carbocycles. The van der Waals surface area contributed by atoms with Crippen molar-refractivity contribution in [2.24, 2.45) is 0 Å². The minimum absolute atomic E-state index is 0.0474. The van der Waals surface area contributed by atoms with Crippen molar-refractivity contribution < 1.29 is 31.0 Å². The number of nitrogens with one attached hydrogen (secondary N) is 2. The zero-order chi connectivity index (χ0) is 18.0. The van der Waals surface area contributed by atoms with Gasteiger partial charge in [-0.15, -0.1) is 0 Å². The van der Waals surface area contributed by atoms with Gasteiger partial charge >= 0.3 is 0 Å². The van der Waals surface area contributed by atoms with Crippen LogP contribution >= 0.6 is 0 Å². The molecule has 0 aromatic carbocycles. The summed E-state index contributed by atoms with van der Waals surface area (Å²) in [6.45, 7) is 3.94. The lowest BCUT2D eigenvalue weighted by atomic mass is 10.1. The topological polar surface area (TPSA) is 123 Å². The second kappa shape index (κ2) is 5.58. The fourth-order valence-corrected chi connectivity index (χ4v) is 4.44. The molecule has 3 heterocycles. The monoisotopic (exact) mass is 385 g/mol. The fraction of sp³-hybridized carbons (Fsp3) is 1.00. The lowest BCUT2D eigenvalue weighted by molar-refractivity contribution is -0.125. The van der Waals surface area contributed by atoms with E-state index in [0.29, 0.717) is 6.61 Å². The van der Waals surface area contributed by atoms with Crippen molar-refractivity contribution in [3.63, 3.8) is 0 Å². The third-order valence-electron chi connectivity index (χ3n) is 4.47. The summed E-state index contributed by atoms with van der Waals surface area (Å²) in [6.07, 6.45) is 0.783. The second-order valence-electron chi connectivity index (χ2n) is 6.99. The van der Waals surface area contributed by atoms with Gasteiger partial charge in [0, 0.05) is 13.1 Å². The van der Waals surface area contributed by atoms with E-state index in [4.69, 9.17) is 14.2 Å². The first-order valence-electron chi connectivity index (χ1n) is 7.47. The van der Waals surface area contributed by atoms with Gasteiger partial charge in [0.25, 0.3) is 0 Å². The minimum Gasteiger partial charge on any atom is -0.356 e. The van der Waals surface area contributed by atoms with E-state index in [2.05, 4.69) is 9.44 Å². The van der Waals surface area contributed by atoms with E-state index in [0.717, 1.165) is 12.5 Å². The van der Waals surface area contributed by atoms with Crippen molar-refractivity contribution in [1.82, 2.24) is 14.3 Å². The summed E-state index contributed by atoms with van der Waals surface area (Å²) in [4.78, 5) is 1.90. The van der Waals surface area contributed by atoms with E-state index in [-0.39, 0.29) is 19.3 Å². The van der Waals surface area contributed by atoms with Crippen LogP contribution in [0.1, 0.15) is 13.8 Å². The van der Waals surface area contributed by atoms with E-state index in [1.807, 2.05) is 4.90 Å². The molecule has 0 saturated carbocycles. The maximum Gasteiger partial charge on any atom is 0.208 e. The van der Waals surface area contributed by atoms with E-state index < -0.39 is 43.7 Å². The first kappa shape index (κ1) is 18.5. The molecule has 0 spiro atoms. The van der Waals surface area contributed by atoms with E-state index >= 15 is 0 Å². The Balaban J connectivity index is 1.80. The predicted octanol–water partition coefficient (Wildman–Crippen LogP) is -2.03. The number of nitrogens with zero attached hydrogens (tertiary/aromatic N) is 1. The molecule has 3 saturated heterocycles. The van der Waals surface area contributed by atoms with Gasteiger partial charge in [-0.05, 0) is 13.8 Å². The van der Waals surface area contributed by atoms with Crippen molar-refractivity contribution in [2.75, 3.05) is 32.2 Å². The van der Waals surface area contributed by atoms with Gasteiger partial charge in [0.1, 0.15) is 29.9 Å². The molecule has 5 atom stereocenters. The summed E-state index contributed by atoms with van der Waals surface area (Å²) >= 11 is 0. The Bertz CT molecular complexity index is 691. The SMILES string of the molecule is C[C@]1(CNS(C)(=O)=O)O[C@@H]2CO[C@H]3N2[C@@H]1O[C@]3(C)CNS(C)(=O)=O. The van der Waals surface area contributed by atoms with Gasteiger partial charge in [0.05, 0.1) is 19.1 Å². The van der Waals surface area contributed by atoms with Gasteiger partial charge < -0.3 is 14.2 Å². The molecular formula is C12H23N3O7S2. The molecular weight excluding hydrogens is 362 g/mol. The highest BCUT2D eigenvalue weighted by Gasteiger charge is 2.67. The number of hydrogen-bond donors (Lipinski definition) is 2. The van der Waals surface area contributed by atoms with Crippen LogP contribution in [0.3, 0.4) is 0 Å². The van der Waals surface area contributed by atoms with Crippen molar-refractivity contribution in [3.05, 3.63) is 0 Å². The number of sulfonamides is 2. The van der Waals surface area contributed by atoms with Crippen LogP contribution in [0.2, 0.25) is 0 Å². The Labute approximate surface area is 141 Å². The highest BCUT2D eigenvalue weighted by Crippen LogP contribution is 2.48. The standard InChI is InChI=1S/C12H23N3O7S2/c1-11(6-13-23(3,16)17)9-15-8(5-20-9)21-12(2,10(15)22-11)7-14-24(4,18)19/h8-10,13-14H,5-7H2,1-4H3/t8-,9-,10-,11-,12-/m1/s1. The quantitative estimate of drug-likeness (QED) is 0.537. The van der Waals surface area contributed by atoms with Crippen LogP contribution in [-0.2, 0) is 34.3 Å². The summed E-state index contributed by atoms with van der Waals surface area (Å²) in [6, 6.07) is 0. The molecule has 10 nitrogen and oxygen atoms in total. The molecule has 12 heteroatoms. The minimum atomic E-state index is -3.38. The van der Waals surface area contributed by atoms with Crippen molar-refractivity contribution >= 4 is 20.0 Å². The molecule has 3 aliphatic heterocycles. The Morgan fingerprint density at radius 1 is 0.958 bits per heavy atom. The van der Waals surface area contributed by atoms with E-state index in [1.165, 1.54) is 0 Å². The number of ether oxygens (including phenoxy) is 3. The van der Waals surface area contributed by atoms with E-state index in [9.17, 15) is 16.8 Å². The molecule has 3 rings (SSSR count). The van der Waals surface area contributed by atoms with Crippen LogP contribution < -0.4 is 9.44 Å². The molecule has 24 heavy (non-hydrogen) atoms. The zero-order valence-electron chi connectivity index (χ0n) is 14.0. The lowest BCUT2D eigenvalue weighted by Crippen LogP contribution is -2.51. The van der Waals surface area contributed by atoms with Crippen molar-refractivity contribution in [3.8, 4) is 0 Å². The number of hydrogen-bond acceptors (Lipinski definition) is 8. The average Bonchev–Trinajstić information content (AvgIpc) is 3.02. The van der Waals surface area contributed by atoms with Gasteiger partial charge in [-0.1, -0.05) is 0 Å². The van der Waals surface area contributed by atoms with Crippen LogP contribution in [-0.4, -0.2) is 83.8 Å². The Hall–Kier alpha value is -0.340. The van der Waals surface area contributed by atoms with Gasteiger partial charge in [0.2, 0.25) is 20.0 Å². The largest absolute Gasteiger partial charge is 0.356 e. The summed E-state index contributed by atoms with van der Waals surface area (Å²) in [5.74, 6) is 0. The highest BCUT2D eigenvalue weighted by atomic mass is 32.2. The highest BCUT2D eigenvalue weighted by molar-refractivity contribution is 7.89. The van der Waals surface area contributed by atoms with Gasteiger partial charge in [-0.25, -0.2) is 31.2 Å². The third kappa shape index (κ3) is 3.33. The average molecular weight is 385 g/mol. The first-order valence-corrected chi connectivity index (χ1v) is 11.3. The molecule has 2 N–H and O–H groups in total. The van der Waals surface area contributed by atoms with Crippen LogP contribution in [0, 0.1) is 0 Å². The summed E-state index contributed by atoms with van der Waals surface area (Å²) in [7, 11) is -6.75. The second-order valence-corrected chi connectivity index (χ2v) is 10.7. The molecule has 0 unspecified atom stereocenters. The van der Waals surface area contributed by atoms with Gasteiger partial charge in [-0.2, -0.15) is 0 Å². The van der Waals surface area contributed by atoms with Crippen LogP contribution in [0.25, 0.3) is 0 Å². The molecule has 140 valence electrons. The van der Waals surface area contributed by atoms with Crippen LogP contribution in [0.4, 0.5) is 0 Å². The zero-order valence-corrected chi connectivity index (χ0v) is 15.6. The molecule has 3 fully saturated rings. The molecule has 0 amide bonds. The smallest absolute Gasteiger partial charge is 0.208 e. The number of rotatable bonds is 6. The summed E-state index contributed by atoms with van der Waals surface area (Å²) < 4.78 is 68.3. The maximum absolute atomic E-state index is 11.4. The van der Waals surface area contributed by atoms with Gasteiger partial charge in [-0.3, -0.25) is 0 Å². The molecule has 3 aliphatic rings. The molecule has 0 bridgehead atoms. The molecule has 0 aromatic rings. The Kier molecular flexibility index (Phi) is 4.29. The maximum atomic E-state index is 11.4. The van der Waals surface area contributed by atoms with E-state index in [1.54, 1.807) is 13.8 Å². The first-order chi connectivity index (χ1) is 10.8. The Morgan fingerprint density at radius 2 is 1.46 bits per heavy atom. The van der Waals surface area contributed by atoms with Crippen LogP contribution in [0.15, 0.2) is 0 Å². The lowest BCUT2D eigenvalue weighted by Gasteiger charge is -2.32. The molecule has 0 aromatic heterocycles. The van der Waals surface area contributed by atoms with Crippen LogP contribution in [0.5, 0.6) is 0 Å². The van der Waals surface area contributed by atoms with Gasteiger partial charge in [0.15, 0.2) is 0 Å². The van der Waals surface area contributed by atoms with Crippen molar-refractivity contribution in [2.45, 2.75) is 43.7 Å². The third-order valence-corrected chi connectivity index (χ3v) is 5.81. The summed E-state index contributed by atoms with van der Waals surface area (Å²) in [5, 5.41) is 0. The Morgan fingerprint density at radius 3 is 1.96 bits per heavy atom. The normalized spacial score (nSPS) is 42.6. The summed E-state index contributed by atoms with van der Waals surface area (Å²) in [5.41, 5.74) is -1.81. The predicted molar refractivity (Wildman–Crippen MR) is 83.8 cm³/mol.